The highest BCUT2D eigenvalue weighted by molar-refractivity contribution is 9.10. The second-order valence-corrected chi connectivity index (χ2v) is 5.76. The summed E-state index contributed by atoms with van der Waals surface area (Å²) in [6, 6.07) is 3.14. The van der Waals surface area contributed by atoms with E-state index in [-0.39, 0.29) is 11.6 Å². The minimum absolute atomic E-state index is 0.246. The van der Waals surface area contributed by atoms with Crippen molar-refractivity contribution in [2.75, 3.05) is 20.3 Å². The Bertz CT molecular complexity index is 658. The molecule has 1 aliphatic heterocycles. The third-order valence-corrected chi connectivity index (χ3v) is 3.98. The van der Waals surface area contributed by atoms with Crippen molar-refractivity contribution in [3.8, 4) is 11.5 Å². The molecule has 1 aliphatic rings. The Hall–Kier alpha value is -2.02. The number of halogens is 1. The maximum Gasteiger partial charge on any atom is 0.329 e. The van der Waals surface area contributed by atoms with Crippen molar-refractivity contribution in [3.05, 3.63) is 27.9 Å². The van der Waals surface area contributed by atoms with Gasteiger partial charge in [0.2, 0.25) is 0 Å². The van der Waals surface area contributed by atoms with Crippen LogP contribution in [0.5, 0.6) is 11.5 Å². The number of carbonyl (C=O) groups is 2. The van der Waals surface area contributed by atoms with E-state index in [1.165, 1.54) is 4.90 Å². The van der Waals surface area contributed by atoms with Crippen LogP contribution in [0.15, 0.2) is 22.3 Å². The predicted octanol–water partition coefficient (Wildman–Crippen LogP) is 3.16. The fourth-order valence-electron chi connectivity index (χ4n) is 2.24. The number of carbonyl (C=O) groups excluding carboxylic acids is 2. The molecular weight excluding hydrogens is 364 g/mol. The van der Waals surface area contributed by atoms with Gasteiger partial charge in [-0.3, -0.25) is 9.69 Å². The molecule has 0 atom stereocenters. The summed E-state index contributed by atoms with van der Waals surface area (Å²) in [5.41, 5.74) is 0.961. The van der Waals surface area contributed by atoms with Crippen molar-refractivity contribution in [2.24, 2.45) is 0 Å². The van der Waals surface area contributed by atoms with Crippen LogP contribution in [0, 0.1) is 0 Å². The van der Waals surface area contributed by atoms with Crippen LogP contribution in [-0.4, -0.2) is 37.1 Å². The van der Waals surface area contributed by atoms with Crippen LogP contribution in [-0.2, 0) is 4.79 Å². The Kier molecular flexibility index (Phi) is 5.65. The van der Waals surface area contributed by atoms with E-state index in [1.807, 2.05) is 13.8 Å². The van der Waals surface area contributed by atoms with Crippen molar-refractivity contribution in [1.82, 2.24) is 10.2 Å². The quantitative estimate of drug-likeness (QED) is 0.605. The normalized spacial score (nSPS) is 16.0. The van der Waals surface area contributed by atoms with Crippen LogP contribution in [0.2, 0.25) is 0 Å². The Morgan fingerprint density at radius 2 is 2.00 bits per heavy atom. The van der Waals surface area contributed by atoms with Crippen LogP contribution >= 0.6 is 15.9 Å². The molecule has 1 aromatic carbocycles. The molecule has 0 saturated carbocycles. The molecule has 1 N–H and O–H groups in total. The van der Waals surface area contributed by atoms with E-state index in [4.69, 9.17) is 9.47 Å². The lowest BCUT2D eigenvalue weighted by Gasteiger charge is -2.12. The zero-order chi connectivity index (χ0) is 17.0. The summed E-state index contributed by atoms with van der Waals surface area (Å²) in [7, 11) is 1.55. The average molecular weight is 383 g/mol. The molecule has 0 aromatic heterocycles. The fraction of sp³-hybridized carbons (Fsp3) is 0.375. The van der Waals surface area contributed by atoms with E-state index >= 15 is 0 Å². The molecule has 0 aliphatic carbocycles. The molecule has 0 unspecified atom stereocenters. The lowest BCUT2D eigenvalue weighted by atomic mass is 10.1. The summed E-state index contributed by atoms with van der Waals surface area (Å²) < 4.78 is 11.5. The second kappa shape index (κ2) is 7.50. The molecule has 6 nitrogen and oxygen atoms in total. The first kappa shape index (κ1) is 17.3. The number of hydrogen-bond acceptors (Lipinski definition) is 4. The average Bonchev–Trinajstić information content (AvgIpc) is 2.78. The first-order valence-electron chi connectivity index (χ1n) is 7.36. The molecule has 7 heteroatoms. The fourth-order valence-corrected chi connectivity index (χ4v) is 2.68. The van der Waals surface area contributed by atoms with Gasteiger partial charge in [-0.25, -0.2) is 4.79 Å². The number of nitrogens with one attached hydrogen (secondary N) is 1. The van der Waals surface area contributed by atoms with Crippen LogP contribution in [0.1, 0.15) is 25.8 Å². The second-order valence-electron chi connectivity index (χ2n) is 4.90. The van der Waals surface area contributed by atoms with Crippen LogP contribution < -0.4 is 14.8 Å². The summed E-state index contributed by atoms with van der Waals surface area (Å²) in [5.74, 6) is 0.846. The van der Waals surface area contributed by atoms with Gasteiger partial charge in [0.1, 0.15) is 5.70 Å². The highest BCUT2D eigenvalue weighted by atomic mass is 79.9. The molecule has 1 heterocycles. The number of urea groups is 1. The monoisotopic (exact) mass is 382 g/mol. The molecular formula is C16H19BrN2O4. The van der Waals surface area contributed by atoms with E-state index < -0.39 is 6.03 Å². The van der Waals surface area contributed by atoms with Crippen molar-refractivity contribution >= 4 is 33.9 Å². The van der Waals surface area contributed by atoms with Gasteiger partial charge in [0.15, 0.2) is 11.5 Å². The summed E-state index contributed by atoms with van der Waals surface area (Å²) in [4.78, 5) is 25.3. The maximum absolute atomic E-state index is 12.2. The van der Waals surface area contributed by atoms with Crippen LogP contribution in [0.3, 0.4) is 0 Å². The molecule has 1 saturated heterocycles. The number of hydrogen-bond donors (Lipinski definition) is 1. The number of rotatable bonds is 6. The van der Waals surface area contributed by atoms with E-state index in [0.717, 1.165) is 4.47 Å². The maximum atomic E-state index is 12.2. The van der Waals surface area contributed by atoms with E-state index in [0.29, 0.717) is 36.6 Å². The number of ether oxygens (including phenoxy) is 2. The molecule has 1 fully saturated rings. The van der Waals surface area contributed by atoms with Crippen molar-refractivity contribution in [2.45, 2.75) is 20.3 Å². The molecule has 0 bridgehead atoms. The standard InChI is InChI=1S/C16H19BrN2O4/c1-4-6-19-15(20)12(18-16(19)21)7-10-8-13(22-3)14(23-5-2)9-11(10)17/h7-9H,4-6H2,1-3H3,(H,18,21)/b12-7+. The van der Waals surface area contributed by atoms with Crippen molar-refractivity contribution < 1.29 is 19.1 Å². The lowest BCUT2D eigenvalue weighted by Crippen LogP contribution is -2.31. The van der Waals surface area contributed by atoms with E-state index in [9.17, 15) is 9.59 Å². The molecule has 23 heavy (non-hydrogen) atoms. The molecule has 2 rings (SSSR count). The molecule has 0 spiro atoms. The van der Waals surface area contributed by atoms with Gasteiger partial charge in [-0.1, -0.05) is 22.9 Å². The molecule has 3 amide bonds. The number of nitrogens with zero attached hydrogens (tertiary/aromatic N) is 1. The number of benzene rings is 1. The Balaban J connectivity index is 2.36. The van der Waals surface area contributed by atoms with Gasteiger partial charge in [-0.05, 0) is 37.1 Å². The smallest absolute Gasteiger partial charge is 0.329 e. The molecule has 124 valence electrons. The molecule has 1 aromatic rings. The van der Waals surface area contributed by atoms with E-state index in [1.54, 1.807) is 25.3 Å². The van der Waals surface area contributed by atoms with Crippen molar-refractivity contribution in [1.29, 1.82) is 0 Å². The van der Waals surface area contributed by atoms with Crippen LogP contribution in [0.4, 0.5) is 4.79 Å². The van der Waals surface area contributed by atoms with Gasteiger partial charge >= 0.3 is 6.03 Å². The largest absolute Gasteiger partial charge is 0.493 e. The number of imide groups is 1. The highest BCUT2D eigenvalue weighted by Crippen LogP contribution is 2.34. The Labute approximate surface area is 143 Å². The summed E-state index contributed by atoms with van der Waals surface area (Å²) in [6.45, 7) is 4.72. The first-order chi connectivity index (χ1) is 11.0. The summed E-state index contributed by atoms with van der Waals surface area (Å²) in [5, 5.41) is 2.60. The minimum Gasteiger partial charge on any atom is -0.493 e. The Morgan fingerprint density at radius 1 is 1.26 bits per heavy atom. The van der Waals surface area contributed by atoms with Gasteiger partial charge in [0.05, 0.1) is 13.7 Å². The summed E-state index contributed by atoms with van der Waals surface area (Å²) in [6.07, 6.45) is 2.34. The van der Waals surface area contributed by atoms with Gasteiger partial charge in [0.25, 0.3) is 5.91 Å². The highest BCUT2D eigenvalue weighted by Gasteiger charge is 2.32. The third-order valence-electron chi connectivity index (χ3n) is 3.29. The van der Waals surface area contributed by atoms with E-state index in [2.05, 4.69) is 21.2 Å². The first-order valence-corrected chi connectivity index (χ1v) is 8.16. The topological polar surface area (TPSA) is 67.9 Å². The SMILES string of the molecule is CCCN1C(=O)N/C(=C/c2cc(OC)c(OCC)cc2Br)C1=O. The minimum atomic E-state index is -0.392. The number of methoxy groups -OCH3 is 1. The van der Waals surface area contributed by atoms with Gasteiger partial charge in [0, 0.05) is 11.0 Å². The van der Waals surface area contributed by atoms with Gasteiger partial charge in [-0.2, -0.15) is 0 Å². The number of amides is 3. The predicted molar refractivity (Wildman–Crippen MR) is 90.4 cm³/mol. The Morgan fingerprint density at radius 3 is 2.61 bits per heavy atom. The lowest BCUT2D eigenvalue weighted by molar-refractivity contribution is -0.122. The zero-order valence-electron chi connectivity index (χ0n) is 13.3. The van der Waals surface area contributed by atoms with Crippen LogP contribution in [0.25, 0.3) is 6.08 Å². The summed E-state index contributed by atoms with van der Waals surface area (Å²) >= 11 is 3.45. The van der Waals surface area contributed by atoms with Gasteiger partial charge in [-0.15, -0.1) is 0 Å². The zero-order valence-corrected chi connectivity index (χ0v) is 14.9. The third kappa shape index (κ3) is 3.67. The van der Waals surface area contributed by atoms with Crippen molar-refractivity contribution in [3.63, 3.8) is 0 Å². The molecule has 0 radical (unpaired) electrons. The van der Waals surface area contributed by atoms with Gasteiger partial charge < -0.3 is 14.8 Å².